The summed E-state index contributed by atoms with van der Waals surface area (Å²) in [6.45, 7) is 1.87. The fourth-order valence-electron chi connectivity index (χ4n) is 2.66. The highest BCUT2D eigenvalue weighted by Crippen LogP contribution is 2.37. The number of hydrogen-bond acceptors (Lipinski definition) is 3. The van der Waals surface area contributed by atoms with Crippen molar-refractivity contribution in [2.45, 2.75) is 19.4 Å². The zero-order chi connectivity index (χ0) is 15.0. The van der Waals surface area contributed by atoms with Crippen LogP contribution >= 0.6 is 0 Å². The molecule has 2 heterocycles. The molecule has 21 heavy (non-hydrogen) atoms. The summed E-state index contributed by atoms with van der Waals surface area (Å²) in [4.78, 5) is 4.16. The number of ether oxygens (including phenoxy) is 1. The fraction of sp³-hybridized carbons (Fsp3) is 0.312. The van der Waals surface area contributed by atoms with E-state index in [0.717, 1.165) is 11.6 Å². The molecule has 0 aliphatic carbocycles. The SMILES string of the molecule is CC1Cc2c(-c3ccc(F)cc3F)ccnc2OC1CO. The van der Waals surface area contributed by atoms with Gasteiger partial charge in [0.05, 0.1) is 6.61 Å². The lowest BCUT2D eigenvalue weighted by Gasteiger charge is -2.30. The summed E-state index contributed by atoms with van der Waals surface area (Å²) < 4.78 is 32.7. The third-order valence-corrected chi connectivity index (χ3v) is 3.84. The Hall–Kier alpha value is -2.01. The van der Waals surface area contributed by atoms with Crippen LogP contribution in [0.1, 0.15) is 12.5 Å². The lowest BCUT2D eigenvalue weighted by atomic mass is 9.89. The molecule has 2 aromatic rings. The van der Waals surface area contributed by atoms with Gasteiger partial charge in [-0.25, -0.2) is 13.8 Å². The molecule has 1 aliphatic rings. The third-order valence-electron chi connectivity index (χ3n) is 3.84. The van der Waals surface area contributed by atoms with Gasteiger partial charge in [-0.2, -0.15) is 0 Å². The molecule has 0 amide bonds. The summed E-state index contributed by atoms with van der Waals surface area (Å²) in [6.07, 6.45) is 1.85. The van der Waals surface area contributed by atoms with Crippen molar-refractivity contribution < 1.29 is 18.6 Å². The Morgan fingerprint density at radius 2 is 2.10 bits per heavy atom. The minimum atomic E-state index is -0.611. The highest BCUT2D eigenvalue weighted by molar-refractivity contribution is 5.69. The van der Waals surface area contributed by atoms with Crippen molar-refractivity contribution in [3.8, 4) is 17.0 Å². The molecule has 1 N–H and O–H groups in total. The summed E-state index contributed by atoms with van der Waals surface area (Å²) >= 11 is 0. The standard InChI is InChI=1S/C16H15F2NO2/c1-9-6-13-11(12-3-2-10(17)7-14(12)18)4-5-19-16(13)21-15(9)8-20/h2-5,7,9,15,20H,6,8H2,1H3. The molecule has 2 atom stereocenters. The first kappa shape index (κ1) is 13.9. The average molecular weight is 291 g/mol. The predicted octanol–water partition coefficient (Wildman–Crippen LogP) is 2.96. The predicted molar refractivity (Wildman–Crippen MR) is 74.0 cm³/mol. The fourth-order valence-corrected chi connectivity index (χ4v) is 2.66. The number of pyridine rings is 1. The molecular weight excluding hydrogens is 276 g/mol. The van der Waals surface area contributed by atoms with Crippen molar-refractivity contribution in [3.05, 3.63) is 47.7 Å². The van der Waals surface area contributed by atoms with Crippen molar-refractivity contribution in [3.63, 3.8) is 0 Å². The molecule has 2 unspecified atom stereocenters. The van der Waals surface area contributed by atoms with Crippen LogP contribution in [-0.4, -0.2) is 22.8 Å². The second-order valence-electron chi connectivity index (χ2n) is 5.29. The van der Waals surface area contributed by atoms with Crippen LogP contribution < -0.4 is 4.74 Å². The van der Waals surface area contributed by atoms with E-state index in [1.54, 1.807) is 6.07 Å². The monoisotopic (exact) mass is 291 g/mol. The van der Waals surface area contributed by atoms with Crippen molar-refractivity contribution in [1.82, 2.24) is 4.98 Å². The van der Waals surface area contributed by atoms with E-state index in [0.29, 0.717) is 23.4 Å². The smallest absolute Gasteiger partial charge is 0.217 e. The van der Waals surface area contributed by atoms with E-state index in [2.05, 4.69) is 4.98 Å². The molecule has 1 aromatic carbocycles. The quantitative estimate of drug-likeness (QED) is 0.925. The molecule has 0 fully saturated rings. The zero-order valence-corrected chi connectivity index (χ0v) is 11.5. The van der Waals surface area contributed by atoms with Crippen LogP contribution in [0.5, 0.6) is 5.88 Å². The first-order valence-electron chi connectivity index (χ1n) is 6.81. The maximum absolute atomic E-state index is 14.0. The molecular formula is C16H15F2NO2. The van der Waals surface area contributed by atoms with Crippen molar-refractivity contribution in [2.24, 2.45) is 5.92 Å². The Morgan fingerprint density at radius 3 is 2.81 bits per heavy atom. The van der Waals surface area contributed by atoms with Gasteiger partial charge in [0.15, 0.2) is 0 Å². The number of aromatic nitrogens is 1. The molecule has 0 saturated carbocycles. The minimum absolute atomic E-state index is 0.0859. The average Bonchev–Trinajstić information content (AvgIpc) is 2.46. The second-order valence-corrected chi connectivity index (χ2v) is 5.29. The van der Waals surface area contributed by atoms with E-state index in [1.807, 2.05) is 6.92 Å². The number of aliphatic hydroxyl groups excluding tert-OH is 1. The van der Waals surface area contributed by atoms with Crippen LogP contribution in [0.3, 0.4) is 0 Å². The molecule has 1 aromatic heterocycles. The Labute approximate surface area is 121 Å². The van der Waals surface area contributed by atoms with Gasteiger partial charge in [-0.1, -0.05) is 6.92 Å². The van der Waals surface area contributed by atoms with Crippen LogP contribution in [-0.2, 0) is 6.42 Å². The van der Waals surface area contributed by atoms with E-state index >= 15 is 0 Å². The molecule has 0 bridgehead atoms. The summed E-state index contributed by atoms with van der Waals surface area (Å²) in [5.41, 5.74) is 1.77. The summed E-state index contributed by atoms with van der Waals surface area (Å²) in [5.74, 6) is -0.716. The zero-order valence-electron chi connectivity index (χ0n) is 11.5. The van der Waals surface area contributed by atoms with Gasteiger partial charge in [0.1, 0.15) is 17.7 Å². The Balaban J connectivity index is 2.09. The van der Waals surface area contributed by atoms with Gasteiger partial charge < -0.3 is 9.84 Å². The van der Waals surface area contributed by atoms with Gasteiger partial charge >= 0.3 is 0 Å². The maximum Gasteiger partial charge on any atom is 0.217 e. The summed E-state index contributed by atoms with van der Waals surface area (Å²) in [6, 6.07) is 5.22. The third kappa shape index (κ3) is 2.49. The van der Waals surface area contributed by atoms with Gasteiger partial charge in [0.25, 0.3) is 0 Å². The maximum atomic E-state index is 14.0. The van der Waals surface area contributed by atoms with Crippen molar-refractivity contribution >= 4 is 0 Å². The summed E-state index contributed by atoms with van der Waals surface area (Å²) in [7, 11) is 0. The largest absolute Gasteiger partial charge is 0.471 e. The van der Waals surface area contributed by atoms with Gasteiger partial charge in [-0.15, -0.1) is 0 Å². The molecule has 0 saturated heterocycles. The minimum Gasteiger partial charge on any atom is -0.471 e. The number of benzene rings is 1. The van der Waals surface area contributed by atoms with Gasteiger partial charge in [0, 0.05) is 23.4 Å². The Bertz CT molecular complexity index is 675. The second kappa shape index (κ2) is 5.41. The lowest BCUT2D eigenvalue weighted by Crippen LogP contribution is -2.34. The van der Waals surface area contributed by atoms with Gasteiger partial charge in [0.2, 0.25) is 5.88 Å². The van der Waals surface area contributed by atoms with Crippen LogP contribution in [0.4, 0.5) is 8.78 Å². The van der Waals surface area contributed by atoms with Crippen LogP contribution in [0, 0.1) is 17.6 Å². The van der Waals surface area contributed by atoms with Crippen molar-refractivity contribution in [2.75, 3.05) is 6.61 Å². The normalized spacial score (nSPS) is 20.8. The van der Waals surface area contributed by atoms with E-state index in [9.17, 15) is 13.9 Å². The highest BCUT2D eigenvalue weighted by atomic mass is 19.1. The summed E-state index contributed by atoms with van der Waals surface area (Å²) in [5, 5.41) is 9.29. The number of rotatable bonds is 2. The highest BCUT2D eigenvalue weighted by Gasteiger charge is 2.29. The Kier molecular flexibility index (Phi) is 3.59. The molecule has 3 rings (SSSR count). The number of hydrogen-bond donors (Lipinski definition) is 1. The van der Waals surface area contributed by atoms with E-state index in [4.69, 9.17) is 4.74 Å². The lowest BCUT2D eigenvalue weighted by molar-refractivity contribution is 0.0565. The number of halogens is 2. The molecule has 5 heteroatoms. The van der Waals surface area contributed by atoms with Gasteiger partial charge in [-0.3, -0.25) is 0 Å². The molecule has 0 spiro atoms. The first-order chi connectivity index (χ1) is 10.1. The molecule has 3 nitrogen and oxygen atoms in total. The topological polar surface area (TPSA) is 42.4 Å². The first-order valence-corrected chi connectivity index (χ1v) is 6.81. The molecule has 110 valence electrons. The van der Waals surface area contributed by atoms with Crippen LogP contribution in [0.2, 0.25) is 0 Å². The molecule has 0 radical (unpaired) electrons. The van der Waals surface area contributed by atoms with Gasteiger partial charge in [-0.05, 0) is 36.1 Å². The van der Waals surface area contributed by atoms with Crippen LogP contribution in [0.25, 0.3) is 11.1 Å². The number of fused-ring (bicyclic) bond motifs is 1. The van der Waals surface area contributed by atoms with Crippen molar-refractivity contribution in [1.29, 1.82) is 0 Å². The van der Waals surface area contributed by atoms with E-state index < -0.39 is 11.6 Å². The van der Waals surface area contributed by atoms with Crippen LogP contribution in [0.15, 0.2) is 30.5 Å². The van der Waals surface area contributed by atoms with E-state index in [-0.39, 0.29) is 18.6 Å². The molecule has 1 aliphatic heterocycles. The number of aliphatic hydroxyl groups is 1. The Morgan fingerprint density at radius 1 is 1.29 bits per heavy atom. The number of nitrogens with zero attached hydrogens (tertiary/aromatic N) is 1. The van der Waals surface area contributed by atoms with E-state index in [1.165, 1.54) is 18.3 Å².